The Labute approximate surface area is 168 Å². The topological polar surface area (TPSA) is 132 Å². The SMILES string of the molecule is C[C@]12CCC(=O)C(=O)C1CC[C@H]1[C@@H]3C[C@@H](O)[C@](O)(C(=O)CO)[C@@]3(C)C[C@H](O)[C@@]12F. The van der Waals surface area contributed by atoms with Crippen LogP contribution in [-0.4, -0.2) is 67.9 Å². The number of ketones is 3. The Balaban J connectivity index is 1.81. The van der Waals surface area contributed by atoms with Gasteiger partial charge in [-0.3, -0.25) is 14.4 Å². The minimum Gasteiger partial charge on any atom is -0.390 e. The van der Waals surface area contributed by atoms with Crippen LogP contribution in [0.25, 0.3) is 0 Å². The number of hydrogen-bond donors (Lipinski definition) is 4. The third-order valence-corrected chi connectivity index (χ3v) is 9.22. The number of rotatable bonds is 2. The molecule has 29 heavy (non-hydrogen) atoms. The summed E-state index contributed by atoms with van der Waals surface area (Å²) < 4.78 is 16.9. The third-order valence-electron chi connectivity index (χ3n) is 9.22. The van der Waals surface area contributed by atoms with Crippen LogP contribution in [0, 0.1) is 28.6 Å². The van der Waals surface area contributed by atoms with E-state index in [9.17, 15) is 34.8 Å². The van der Waals surface area contributed by atoms with Gasteiger partial charge in [-0.25, -0.2) is 4.39 Å². The highest BCUT2D eigenvalue weighted by Gasteiger charge is 2.77. The van der Waals surface area contributed by atoms with E-state index >= 15 is 4.39 Å². The fourth-order valence-corrected chi connectivity index (χ4v) is 7.59. The zero-order chi connectivity index (χ0) is 21.6. The standard InChI is InChI=1S/C21H29FO7/c1-18-6-5-13(24)17(28)11(18)4-3-10-12-7-14(25)21(29,16(27)9-23)19(12,2)8-15(26)20(10,18)22/h10-12,14-15,23,25-26,29H,3-9H2,1-2H3/t10-,11?,12-,14+,15-,18-,19-,20-,21-/m0/s1. The summed E-state index contributed by atoms with van der Waals surface area (Å²) in [5, 5.41) is 42.2. The number of carbonyl (C=O) groups is 3. The van der Waals surface area contributed by atoms with E-state index in [0.29, 0.717) is 6.42 Å². The molecule has 4 rings (SSSR count). The first-order chi connectivity index (χ1) is 13.4. The molecule has 9 atom stereocenters. The minimum absolute atomic E-state index is 0.0323. The summed E-state index contributed by atoms with van der Waals surface area (Å²) in [7, 11) is 0. The fraction of sp³-hybridized carbons (Fsp3) is 0.857. The molecule has 4 saturated carbocycles. The smallest absolute Gasteiger partial charge is 0.202 e. The molecular weight excluding hydrogens is 383 g/mol. The van der Waals surface area contributed by atoms with Crippen molar-refractivity contribution in [3.8, 4) is 0 Å². The predicted octanol–water partition coefficient (Wildman–Crippen LogP) is 0.103. The number of halogens is 1. The zero-order valence-corrected chi connectivity index (χ0v) is 16.7. The van der Waals surface area contributed by atoms with Crippen molar-refractivity contribution in [2.24, 2.45) is 28.6 Å². The second kappa shape index (κ2) is 6.15. The molecule has 1 unspecified atom stereocenters. The van der Waals surface area contributed by atoms with Gasteiger partial charge in [-0.2, -0.15) is 0 Å². The summed E-state index contributed by atoms with van der Waals surface area (Å²) >= 11 is 0. The number of fused-ring (bicyclic) bond motifs is 5. The summed E-state index contributed by atoms with van der Waals surface area (Å²) in [5.41, 5.74) is -6.99. The summed E-state index contributed by atoms with van der Waals surface area (Å²) in [6.45, 7) is 2.22. The fourth-order valence-electron chi connectivity index (χ4n) is 7.59. The average molecular weight is 412 g/mol. The number of carbonyl (C=O) groups excluding carboxylic acids is 3. The lowest BCUT2D eigenvalue weighted by atomic mass is 9.42. The highest BCUT2D eigenvalue weighted by molar-refractivity contribution is 6.38. The van der Waals surface area contributed by atoms with E-state index in [1.165, 1.54) is 0 Å². The Bertz CT molecular complexity index is 785. The van der Waals surface area contributed by atoms with Gasteiger partial charge in [0.05, 0.1) is 12.2 Å². The van der Waals surface area contributed by atoms with Gasteiger partial charge in [-0.1, -0.05) is 13.8 Å². The van der Waals surface area contributed by atoms with Crippen LogP contribution in [0.5, 0.6) is 0 Å². The number of Topliss-reactive ketones (excluding diaryl/α,β-unsaturated/α-hetero) is 3. The van der Waals surface area contributed by atoms with Crippen molar-refractivity contribution in [1.29, 1.82) is 0 Å². The molecular formula is C21H29FO7. The van der Waals surface area contributed by atoms with E-state index in [1.807, 2.05) is 0 Å². The van der Waals surface area contributed by atoms with Crippen LogP contribution < -0.4 is 0 Å². The van der Waals surface area contributed by atoms with E-state index in [0.717, 1.165) is 0 Å². The van der Waals surface area contributed by atoms with Gasteiger partial charge in [0.2, 0.25) is 5.78 Å². The first-order valence-electron chi connectivity index (χ1n) is 10.4. The van der Waals surface area contributed by atoms with Crippen LogP contribution in [0.2, 0.25) is 0 Å². The van der Waals surface area contributed by atoms with Crippen LogP contribution in [0.4, 0.5) is 4.39 Å². The first-order valence-corrected chi connectivity index (χ1v) is 10.4. The van der Waals surface area contributed by atoms with E-state index < -0.39 is 76.0 Å². The summed E-state index contributed by atoms with van der Waals surface area (Å²) in [4.78, 5) is 36.9. The van der Waals surface area contributed by atoms with Crippen molar-refractivity contribution >= 4 is 17.3 Å². The minimum atomic E-state index is -2.27. The maximum Gasteiger partial charge on any atom is 0.202 e. The molecule has 162 valence electrons. The van der Waals surface area contributed by atoms with Gasteiger partial charge < -0.3 is 20.4 Å². The molecule has 0 saturated heterocycles. The molecule has 7 nitrogen and oxygen atoms in total. The van der Waals surface area contributed by atoms with Gasteiger partial charge in [-0.05, 0) is 43.9 Å². The highest BCUT2D eigenvalue weighted by atomic mass is 19.1. The van der Waals surface area contributed by atoms with E-state index in [-0.39, 0.29) is 32.1 Å². The van der Waals surface area contributed by atoms with Gasteiger partial charge in [0.1, 0.15) is 12.3 Å². The Morgan fingerprint density at radius 1 is 1.10 bits per heavy atom. The molecule has 0 aromatic heterocycles. The molecule has 0 heterocycles. The van der Waals surface area contributed by atoms with Crippen molar-refractivity contribution in [2.75, 3.05) is 6.61 Å². The summed E-state index contributed by atoms with van der Waals surface area (Å²) in [6.07, 6.45) is -2.78. The molecule has 8 heteroatoms. The van der Waals surface area contributed by atoms with Gasteiger partial charge in [0.25, 0.3) is 0 Å². The van der Waals surface area contributed by atoms with Crippen LogP contribution in [-0.2, 0) is 14.4 Å². The van der Waals surface area contributed by atoms with Crippen molar-refractivity contribution < 1.29 is 39.2 Å². The number of aliphatic hydroxyl groups excluding tert-OH is 3. The molecule has 0 aromatic carbocycles. The van der Waals surface area contributed by atoms with Crippen LogP contribution in [0.15, 0.2) is 0 Å². The molecule has 0 radical (unpaired) electrons. The average Bonchev–Trinajstić information content (AvgIpc) is 2.87. The van der Waals surface area contributed by atoms with Crippen molar-refractivity contribution in [3.05, 3.63) is 0 Å². The van der Waals surface area contributed by atoms with Crippen molar-refractivity contribution in [1.82, 2.24) is 0 Å². The lowest BCUT2D eigenvalue weighted by molar-refractivity contribution is -0.252. The maximum atomic E-state index is 16.9. The van der Waals surface area contributed by atoms with Crippen molar-refractivity contribution in [2.45, 2.75) is 75.9 Å². The molecule has 4 aliphatic carbocycles. The van der Waals surface area contributed by atoms with Crippen LogP contribution in [0.3, 0.4) is 0 Å². The van der Waals surface area contributed by atoms with Crippen molar-refractivity contribution in [3.63, 3.8) is 0 Å². The normalized spacial score (nSPS) is 54.5. The maximum absolute atomic E-state index is 16.9. The third kappa shape index (κ3) is 2.18. The van der Waals surface area contributed by atoms with E-state index in [1.54, 1.807) is 13.8 Å². The predicted molar refractivity (Wildman–Crippen MR) is 97.3 cm³/mol. The molecule has 0 aromatic rings. The summed E-state index contributed by atoms with van der Waals surface area (Å²) in [6, 6.07) is 0. The Hall–Kier alpha value is -1.22. The number of alkyl halides is 1. The van der Waals surface area contributed by atoms with Crippen LogP contribution in [0.1, 0.15) is 52.4 Å². The van der Waals surface area contributed by atoms with Gasteiger partial charge in [-0.15, -0.1) is 0 Å². The molecule has 0 bridgehead atoms. The monoisotopic (exact) mass is 412 g/mol. The Morgan fingerprint density at radius 3 is 2.38 bits per heavy atom. The Morgan fingerprint density at radius 2 is 1.76 bits per heavy atom. The Kier molecular flexibility index (Phi) is 4.46. The number of hydrogen-bond acceptors (Lipinski definition) is 7. The van der Waals surface area contributed by atoms with Gasteiger partial charge in [0, 0.05) is 23.2 Å². The van der Waals surface area contributed by atoms with E-state index in [2.05, 4.69) is 0 Å². The van der Waals surface area contributed by atoms with Gasteiger partial charge in [0.15, 0.2) is 17.2 Å². The molecule has 0 amide bonds. The molecule has 4 N–H and O–H groups in total. The largest absolute Gasteiger partial charge is 0.390 e. The second-order valence-electron chi connectivity index (χ2n) is 10.1. The second-order valence-corrected chi connectivity index (χ2v) is 10.1. The first kappa shape index (κ1) is 21.0. The van der Waals surface area contributed by atoms with Crippen LogP contribution >= 0.6 is 0 Å². The lowest BCUT2D eigenvalue weighted by Crippen LogP contribution is -2.72. The van der Waals surface area contributed by atoms with E-state index in [4.69, 9.17) is 0 Å². The quantitative estimate of drug-likeness (QED) is 0.473. The van der Waals surface area contributed by atoms with Gasteiger partial charge >= 0.3 is 0 Å². The molecule has 0 aliphatic heterocycles. The number of aliphatic hydroxyl groups is 4. The molecule has 0 spiro atoms. The molecule has 4 aliphatic rings. The molecule has 4 fully saturated rings. The lowest BCUT2D eigenvalue weighted by Gasteiger charge is -2.64. The zero-order valence-electron chi connectivity index (χ0n) is 16.7. The summed E-state index contributed by atoms with van der Waals surface area (Å²) in [5.74, 6) is -4.21. The highest BCUT2D eigenvalue weighted by Crippen LogP contribution is 2.70.